The molecule has 1 fully saturated rings. The van der Waals surface area contributed by atoms with Crippen LogP contribution in [-0.4, -0.2) is 33.6 Å². The van der Waals surface area contributed by atoms with Gasteiger partial charge in [0.05, 0.1) is 24.0 Å². The Balaban J connectivity index is 1.64. The number of aromatic nitrogens is 3. The van der Waals surface area contributed by atoms with Gasteiger partial charge in [0.25, 0.3) is 5.91 Å². The van der Waals surface area contributed by atoms with Gasteiger partial charge in [-0.05, 0) is 25.0 Å². The van der Waals surface area contributed by atoms with E-state index in [1.165, 1.54) is 24.5 Å². The van der Waals surface area contributed by atoms with Gasteiger partial charge in [-0.1, -0.05) is 19.1 Å². The summed E-state index contributed by atoms with van der Waals surface area (Å²) >= 11 is 0. The smallest absolute Gasteiger partial charge is 0.258 e. The summed E-state index contributed by atoms with van der Waals surface area (Å²) in [5.74, 6) is -0.126. The summed E-state index contributed by atoms with van der Waals surface area (Å²) in [6, 6.07) is 4.60. The van der Waals surface area contributed by atoms with E-state index in [-0.39, 0.29) is 23.3 Å². The van der Waals surface area contributed by atoms with Gasteiger partial charge in [-0.2, -0.15) is 5.10 Å². The summed E-state index contributed by atoms with van der Waals surface area (Å²) in [5, 5.41) is 11.8. The molecule has 1 aliphatic rings. The number of rotatable bonds is 7. The van der Waals surface area contributed by atoms with E-state index in [9.17, 15) is 9.18 Å². The highest BCUT2D eigenvalue weighted by molar-refractivity contribution is 6.05. The monoisotopic (exact) mass is 383 g/mol. The van der Waals surface area contributed by atoms with Crippen molar-refractivity contribution in [3.8, 4) is 0 Å². The number of H-pyrrole nitrogens is 1. The van der Waals surface area contributed by atoms with Gasteiger partial charge in [-0.3, -0.25) is 19.9 Å². The van der Waals surface area contributed by atoms with Crippen molar-refractivity contribution in [3.63, 3.8) is 0 Å². The average Bonchev–Trinajstić information content (AvgIpc) is 3.15. The fourth-order valence-corrected chi connectivity index (χ4v) is 3.02. The number of halogens is 1. The number of carbonyl (C=O) groups is 1. The first-order chi connectivity index (χ1) is 13.5. The molecule has 0 atom stereocenters. The van der Waals surface area contributed by atoms with E-state index >= 15 is 0 Å². The molecule has 1 amide bonds. The molecule has 8 nitrogen and oxygen atoms in total. The predicted molar refractivity (Wildman–Crippen MR) is 105 cm³/mol. The molecule has 9 heteroatoms. The first-order valence-electron chi connectivity index (χ1n) is 8.85. The molecule has 0 unspecified atom stereocenters. The van der Waals surface area contributed by atoms with E-state index < -0.39 is 5.41 Å². The highest BCUT2D eigenvalue weighted by Crippen LogP contribution is 2.43. The molecule has 28 heavy (non-hydrogen) atoms. The number of carbonyl (C=O) groups excluding carboxylic acids is 1. The number of anilines is 1. The zero-order chi connectivity index (χ0) is 20.0. The molecule has 2 aromatic rings. The third-order valence-corrected chi connectivity index (χ3v) is 4.73. The maximum atomic E-state index is 14.1. The lowest BCUT2D eigenvalue weighted by atomic mass is 9.66. The summed E-state index contributed by atoms with van der Waals surface area (Å²) in [4.78, 5) is 20.7. The molecule has 0 spiro atoms. The van der Waals surface area contributed by atoms with Crippen LogP contribution in [0.2, 0.25) is 0 Å². The number of aromatic amines is 1. The summed E-state index contributed by atoms with van der Waals surface area (Å²) in [6.07, 6.45) is 8.51. The summed E-state index contributed by atoms with van der Waals surface area (Å²) < 4.78 is 14.1. The Bertz CT molecular complexity index is 901. The molecule has 5 N–H and O–H groups in total. The second kappa shape index (κ2) is 8.47. The topological polar surface area (TPSA) is 121 Å². The average molecular weight is 383 g/mol. The minimum atomic E-state index is -0.430. The summed E-state index contributed by atoms with van der Waals surface area (Å²) in [6.45, 7) is 3.94. The van der Waals surface area contributed by atoms with Crippen molar-refractivity contribution in [2.75, 3.05) is 11.9 Å². The van der Waals surface area contributed by atoms with E-state index in [1.807, 2.05) is 0 Å². The molecule has 0 bridgehead atoms. The lowest BCUT2D eigenvalue weighted by Gasteiger charge is -2.40. The van der Waals surface area contributed by atoms with E-state index in [1.54, 1.807) is 18.3 Å². The molecular formula is C19H22FN7O. The van der Waals surface area contributed by atoms with Crippen LogP contribution in [0, 0.1) is 5.82 Å². The van der Waals surface area contributed by atoms with E-state index in [0.717, 1.165) is 19.3 Å². The van der Waals surface area contributed by atoms with Crippen molar-refractivity contribution >= 4 is 17.7 Å². The third kappa shape index (κ3) is 4.25. The fourth-order valence-electron chi connectivity index (χ4n) is 3.02. The highest BCUT2D eigenvalue weighted by atomic mass is 19.1. The molecule has 2 heterocycles. The van der Waals surface area contributed by atoms with E-state index in [0.29, 0.717) is 18.1 Å². The van der Waals surface area contributed by atoms with Gasteiger partial charge < -0.3 is 16.4 Å². The Hall–Kier alpha value is -3.49. The number of nitrogens with two attached hydrogens (primary N) is 1. The molecular weight excluding hydrogens is 361 g/mol. The zero-order valence-electron chi connectivity index (χ0n) is 15.3. The molecule has 1 aliphatic carbocycles. The number of hydrogen-bond donors (Lipinski definition) is 4. The standard InChI is InChI=1S/C19H22FN7O/c1-2-13(17(28)26-15-6-10-25-27-15)11-23-18(21)24-12-19(7-4-8-19)16-14(20)5-3-9-22-16/h2-3,5-6,9-11H,1,4,7-8,12H2,(H3,21,23,24)(H2,25,26,27,28)/b13-11+. The number of amides is 1. The Labute approximate surface area is 161 Å². The van der Waals surface area contributed by atoms with Crippen LogP contribution in [0.3, 0.4) is 0 Å². The Morgan fingerprint density at radius 2 is 2.25 bits per heavy atom. The Morgan fingerprint density at radius 1 is 1.43 bits per heavy atom. The SMILES string of the molecule is C=C/C(=C\NC(N)=NCC1(c2ncccc2F)CCC1)C(=O)Nc1ccn[nH]1. The van der Waals surface area contributed by atoms with Crippen LogP contribution in [0.1, 0.15) is 25.0 Å². The maximum Gasteiger partial charge on any atom is 0.258 e. The first kappa shape index (κ1) is 19.3. The molecule has 0 saturated heterocycles. The highest BCUT2D eigenvalue weighted by Gasteiger charge is 2.41. The summed E-state index contributed by atoms with van der Waals surface area (Å²) in [5.41, 5.74) is 6.18. The van der Waals surface area contributed by atoms with Crippen molar-refractivity contribution in [3.05, 3.63) is 66.5 Å². The van der Waals surface area contributed by atoms with Gasteiger partial charge >= 0.3 is 0 Å². The van der Waals surface area contributed by atoms with Gasteiger partial charge in [-0.15, -0.1) is 0 Å². The van der Waals surface area contributed by atoms with Gasteiger partial charge in [0.1, 0.15) is 11.6 Å². The van der Waals surface area contributed by atoms with Gasteiger partial charge in [0.2, 0.25) is 0 Å². The van der Waals surface area contributed by atoms with Crippen molar-refractivity contribution in [1.29, 1.82) is 0 Å². The van der Waals surface area contributed by atoms with Crippen LogP contribution in [0.4, 0.5) is 10.2 Å². The molecule has 0 aliphatic heterocycles. The Kier molecular flexibility index (Phi) is 5.83. The number of hydrogen-bond acceptors (Lipinski definition) is 4. The van der Waals surface area contributed by atoms with Crippen molar-refractivity contribution < 1.29 is 9.18 Å². The largest absolute Gasteiger partial charge is 0.370 e. The Morgan fingerprint density at radius 3 is 2.86 bits per heavy atom. The van der Waals surface area contributed by atoms with Crippen LogP contribution in [0.5, 0.6) is 0 Å². The van der Waals surface area contributed by atoms with Gasteiger partial charge in [-0.25, -0.2) is 4.39 Å². The maximum absolute atomic E-state index is 14.1. The lowest BCUT2D eigenvalue weighted by molar-refractivity contribution is -0.112. The molecule has 2 aromatic heterocycles. The van der Waals surface area contributed by atoms with Crippen LogP contribution >= 0.6 is 0 Å². The summed E-state index contributed by atoms with van der Waals surface area (Å²) in [7, 11) is 0. The zero-order valence-corrected chi connectivity index (χ0v) is 15.3. The van der Waals surface area contributed by atoms with E-state index in [2.05, 4.69) is 37.4 Å². The van der Waals surface area contributed by atoms with Crippen LogP contribution in [-0.2, 0) is 10.2 Å². The molecule has 0 aromatic carbocycles. The second-order valence-electron chi connectivity index (χ2n) is 6.54. The minimum Gasteiger partial charge on any atom is -0.370 e. The van der Waals surface area contributed by atoms with Gasteiger partial charge in [0.15, 0.2) is 5.96 Å². The molecule has 3 rings (SSSR count). The third-order valence-electron chi connectivity index (χ3n) is 4.73. The van der Waals surface area contributed by atoms with E-state index in [4.69, 9.17) is 5.73 Å². The number of aliphatic imine (C=N–C) groups is 1. The fraction of sp³-hybridized carbons (Fsp3) is 0.263. The number of guanidine groups is 1. The number of pyridine rings is 1. The van der Waals surface area contributed by atoms with Crippen molar-refractivity contribution in [1.82, 2.24) is 20.5 Å². The quantitative estimate of drug-likeness (QED) is 0.252. The minimum absolute atomic E-state index is 0.122. The number of nitrogens with one attached hydrogen (secondary N) is 3. The van der Waals surface area contributed by atoms with Crippen LogP contribution < -0.4 is 16.4 Å². The molecule has 146 valence electrons. The van der Waals surface area contributed by atoms with Crippen molar-refractivity contribution in [2.24, 2.45) is 10.7 Å². The van der Waals surface area contributed by atoms with Crippen LogP contribution in [0.15, 0.2) is 60.0 Å². The second-order valence-corrected chi connectivity index (χ2v) is 6.54. The number of nitrogens with zero attached hydrogens (tertiary/aromatic N) is 3. The van der Waals surface area contributed by atoms with Gasteiger partial charge in [0, 0.05) is 23.9 Å². The van der Waals surface area contributed by atoms with Crippen LogP contribution in [0.25, 0.3) is 0 Å². The predicted octanol–water partition coefficient (Wildman–Crippen LogP) is 1.98. The first-order valence-corrected chi connectivity index (χ1v) is 8.85. The lowest BCUT2D eigenvalue weighted by Crippen LogP contribution is -2.40. The van der Waals surface area contributed by atoms with Crippen molar-refractivity contribution in [2.45, 2.75) is 24.7 Å². The molecule has 0 radical (unpaired) electrons. The molecule has 1 saturated carbocycles. The normalized spacial score (nSPS) is 16.2.